The minimum atomic E-state index is -0.616. The fraction of sp³-hybridized carbons (Fsp3) is 0.750. The Balaban J connectivity index is 2.04. The van der Waals surface area contributed by atoms with Gasteiger partial charge < -0.3 is 14.4 Å². The molecule has 4 heteroatoms. The second-order valence-corrected chi connectivity index (χ2v) is 4.55. The van der Waals surface area contributed by atoms with E-state index in [4.69, 9.17) is 4.74 Å². The first kappa shape index (κ1) is 11.6. The lowest BCUT2D eigenvalue weighted by molar-refractivity contribution is -0.0640. The van der Waals surface area contributed by atoms with Crippen LogP contribution < -0.4 is 0 Å². The Labute approximate surface area is 96.3 Å². The summed E-state index contributed by atoms with van der Waals surface area (Å²) in [6, 6.07) is 0. The monoisotopic (exact) mass is 224 g/mol. The van der Waals surface area contributed by atoms with E-state index < -0.39 is 5.60 Å². The first-order chi connectivity index (χ1) is 7.73. The molecule has 0 bridgehead atoms. The number of aliphatic hydroxyl groups is 1. The highest BCUT2D eigenvalue weighted by Crippen LogP contribution is 2.24. The van der Waals surface area contributed by atoms with E-state index in [9.17, 15) is 5.11 Å². The average molecular weight is 224 g/mol. The molecule has 1 fully saturated rings. The highest BCUT2D eigenvalue weighted by Gasteiger charge is 2.31. The van der Waals surface area contributed by atoms with Crippen molar-refractivity contribution in [2.75, 3.05) is 13.2 Å². The number of aromatic nitrogens is 2. The highest BCUT2D eigenvalue weighted by atomic mass is 16.5. The molecule has 1 aliphatic rings. The predicted molar refractivity (Wildman–Crippen MR) is 61.2 cm³/mol. The van der Waals surface area contributed by atoms with E-state index in [-0.39, 0.29) is 0 Å². The van der Waals surface area contributed by atoms with Crippen LogP contribution in [0.4, 0.5) is 0 Å². The zero-order valence-electron chi connectivity index (χ0n) is 9.85. The molecule has 1 saturated heterocycles. The fourth-order valence-electron chi connectivity index (χ4n) is 2.17. The summed E-state index contributed by atoms with van der Waals surface area (Å²) in [4.78, 5) is 4.34. The molecule has 1 N–H and O–H groups in total. The summed E-state index contributed by atoms with van der Waals surface area (Å²) in [5.74, 6) is 0.992. The molecule has 16 heavy (non-hydrogen) atoms. The lowest BCUT2D eigenvalue weighted by atomic mass is 9.90. The Bertz CT molecular complexity index is 330. The minimum absolute atomic E-state index is 0.616. The fourth-order valence-corrected chi connectivity index (χ4v) is 2.17. The van der Waals surface area contributed by atoms with E-state index >= 15 is 0 Å². The Hall–Kier alpha value is -0.870. The predicted octanol–water partition coefficient (Wildman–Crippen LogP) is 1.38. The van der Waals surface area contributed by atoms with E-state index in [0.29, 0.717) is 32.5 Å². The molecule has 2 heterocycles. The topological polar surface area (TPSA) is 47.3 Å². The van der Waals surface area contributed by atoms with Gasteiger partial charge in [0.25, 0.3) is 0 Å². The zero-order chi connectivity index (χ0) is 11.4. The van der Waals surface area contributed by atoms with Gasteiger partial charge in [0.15, 0.2) is 0 Å². The van der Waals surface area contributed by atoms with Gasteiger partial charge in [-0.3, -0.25) is 0 Å². The molecule has 0 spiro atoms. The van der Waals surface area contributed by atoms with Crippen molar-refractivity contribution in [1.82, 2.24) is 9.55 Å². The Kier molecular flexibility index (Phi) is 3.61. The molecule has 1 aromatic rings. The second kappa shape index (κ2) is 4.97. The van der Waals surface area contributed by atoms with E-state index in [1.165, 1.54) is 0 Å². The maximum absolute atomic E-state index is 10.4. The number of nitrogens with zero attached hydrogens (tertiary/aromatic N) is 2. The number of ether oxygens (including phenoxy) is 1. The van der Waals surface area contributed by atoms with Gasteiger partial charge in [0.1, 0.15) is 5.82 Å². The molecule has 0 atom stereocenters. The Morgan fingerprint density at radius 2 is 2.25 bits per heavy atom. The molecule has 0 aliphatic carbocycles. The quantitative estimate of drug-likeness (QED) is 0.840. The van der Waals surface area contributed by atoms with Gasteiger partial charge in [0.2, 0.25) is 0 Å². The molecule has 0 unspecified atom stereocenters. The largest absolute Gasteiger partial charge is 0.389 e. The van der Waals surface area contributed by atoms with Crippen LogP contribution in [0.15, 0.2) is 12.4 Å². The lowest BCUT2D eigenvalue weighted by Crippen LogP contribution is -2.39. The van der Waals surface area contributed by atoms with Crippen LogP contribution in [0.2, 0.25) is 0 Å². The van der Waals surface area contributed by atoms with Crippen LogP contribution in [0, 0.1) is 0 Å². The normalized spacial score (nSPS) is 19.9. The number of imidazole rings is 1. The molecule has 0 saturated carbocycles. The molecular formula is C12H20N2O2. The van der Waals surface area contributed by atoms with E-state index in [1.807, 2.05) is 12.4 Å². The second-order valence-electron chi connectivity index (χ2n) is 4.55. The van der Waals surface area contributed by atoms with Gasteiger partial charge >= 0.3 is 0 Å². The molecule has 0 amide bonds. The van der Waals surface area contributed by atoms with Gasteiger partial charge in [0.05, 0.1) is 5.60 Å². The molecule has 1 aliphatic heterocycles. The summed E-state index contributed by atoms with van der Waals surface area (Å²) >= 11 is 0. The Morgan fingerprint density at radius 3 is 2.94 bits per heavy atom. The number of rotatable bonds is 4. The Morgan fingerprint density at radius 1 is 1.50 bits per heavy atom. The van der Waals surface area contributed by atoms with E-state index in [0.717, 1.165) is 18.8 Å². The molecule has 0 radical (unpaired) electrons. The first-order valence-electron chi connectivity index (χ1n) is 6.04. The molecule has 90 valence electrons. The summed E-state index contributed by atoms with van der Waals surface area (Å²) < 4.78 is 7.41. The summed E-state index contributed by atoms with van der Waals surface area (Å²) in [5.41, 5.74) is -0.616. The molecule has 0 aromatic carbocycles. The van der Waals surface area contributed by atoms with Gasteiger partial charge in [-0.15, -0.1) is 0 Å². The molecular weight excluding hydrogens is 204 g/mol. The van der Waals surface area contributed by atoms with Crippen LogP contribution >= 0.6 is 0 Å². The van der Waals surface area contributed by atoms with Gasteiger partial charge in [0, 0.05) is 51.4 Å². The maximum atomic E-state index is 10.4. The van der Waals surface area contributed by atoms with Crippen molar-refractivity contribution in [1.29, 1.82) is 0 Å². The van der Waals surface area contributed by atoms with Crippen LogP contribution in [-0.4, -0.2) is 33.5 Å². The van der Waals surface area contributed by atoms with E-state index in [2.05, 4.69) is 16.5 Å². The van der Waals surface area contributed by atoms with Crippen molar-refractivity contribution in [3.05, 3.63) is 18.2 Å². The van der Waals surface area contributed by atoms with E-state index in [1.54, 1.807) is 0 Å². The number of hydrogen-bond acceptors (Lipinski definition) is 3. The molecule has 2 rings (SSSR count). The summed E-state index contributed by atoms with van der Waals surface area (Å²) in [5, 5.41) is 10.4. The van der Waals surface area contributed by atoms with Crippen LogP contribution in [0.25, 0.3) is 0 Å². The summed E-state index contributed by atoms with van der Waals surface area (Å²) in [6.45, 7) is 4.44. The van der Waals surface area contributed by atoms with Crippen molar-refractivity contribution in [3.63, 3.8) is 0 Å². The number of aryl methyl sites for hydroxylation is 1. The first-order valence-corrected chi connectivity index (χ1v) is 6.04. The third kappa shape index (κ3) is 2.62. The standard InChI is InChI=1S/C12H20N2O2/c1-2-6-14-7-5-13-11(14)10-12(15)3-8-16-9-4-12/h5,7,15H,2-4,6,8-10H2,1H3. The third-order valence-electron chi connectivity index (χ3n) is 3.18. The zero-order valence-corrected chi connectivity index (χ0v) is 9.85. The third-order valence-corrected chi connectivity index (χ3v) is 3.18. The average Bonchev–Trinajstić information content (AvgIpc) is 2.67. The van der Waals surface area contributed by atoms with Crippen LogP contribution in [-0.2, 0) is 17.7 Å². The van der Waals surface area contributed by atoms with Crippen molar-refractivity contribution >= 4 is 0 Å². The van der Waals surface area contributed by atoms with Crippen molar-refractivity contribution < 1.29 is 9.84 Å². The maximum Gasteiger partial charge on any atom is 0.111 e. The van der Waals surface area contributed by atoms with Crippen LogP contribution in [0.1, 0.15) is 32.0 Å². The van der Waals surface area contributed by atoms with Crippen LogP contribution in [0.3, 0.4) is 0 Å². The van der Waals surface area contributed by atoms with Gasteiger partial charge in [-0.25, -0.2) is 4.98 Å². The summed E-state index contributed by atoms with van der Waals surface area (Å²) in [6.07, 6.45) is 6.96. The van der Waals surface area contributed by atoms with Crippen molar-refractivity contribution in [2.24, 2.45) is 0 Å². The van der Waals surface area contributed by atoms with Crippen molar-refractivity contribution in [3.8, 4) is 0 Å². The van der Waals surface area contributed by atoms with Gasteiger partial charge in [-0.1, -0.05) is 6.92 Å². The minimum Gasteiger partial charge on any atom is -0.389 e. The molecule has 1 aromatic heterocycles. The smallest absolute Gasteiger partial charge is 0.111 e. The van der Waals surface area contributed by atoms with Gasteiger partial charge in [-0.05, 0) is 6.42 Å². The van der Waals surface area contributed by atoms with Crippen molar-refractivity contribution in [2.45, 2.75) is 44.8 Å². The van der Waals surface area contributed by atoms with Crippen LogP contribution in [0.5, 0.6) is 0 Å². The highest BCUT2D eigenvalue weighted by molar-refractivity contribution is 4.99. The summed E-state index contributed by atoms with van der Waals surface area (Å²) in [7, 11) is 0. The SMILES string of the molecule is CCCn1ccnc1CC1(O)CCOCC1. The number of hydrogen-bond donors (Lipinski definition) is 1. The lowest BCUT2D eigenvalue weighted by Gasteiger charge is -2.31. The van der Waals surface area contributed by atoms with Gasteiger partial charge in [-0.2, -0.15) is 0 Å². The molecule has 4 nitrogen and oxygen atoms in total.